The number of hydrogen-bond acceptors (Lipinski definition) is 4. The summed E-state index contributed by atoms with van der Waals surface area (Å²) < 4.78 is 7.43. The molecule has 7 nitrogen and oxygen atoms in total. The van der Waals surface area contributed by atoms with E-state index in [0.717, 1.165) is 40.4 Å². The maximum Gasteiger partial charge on any atom is 0.410 e. The number of halogens is 1. The summed E-state index contributed by atoms with van der Waals surface area (Å²) in [6.07, 6.45) is 3.98. The fourth-order valence-electron chi connectivity index (χ4n) is 4.66. The maximum absolute atomic E-state index is 12.3. The largest absolute Gasteiger partial charge is 0.444 e. The zero-order valence-corrected chi connectivity index (χ0v) is 19.8. The average Bonchev–Trinajstić information content (AvgIpc) is 3.30. The van der Waals surface area contributed by atoms with Crippen molar-refractivity contribution < 1.29 is 14.3 Å². The number of aromatic nitrogens is 2. The lowest BCUT2D eigenvalue weighted by atomic mass is 9.97. The first-order valence-corrected chi connectivity index (χ1v) is 11.6. The molecule has 1 N–H and O–H groups in total. The van der Waals surface area contributed by atoms with E-state index in [0.29, 0.717) is 30.2 Å². The molecule has 33 heavy (non-hydrogen) atoms. The number of hydrogen-bond donors (Lipinski definition) is 1. The quantitative estimate of drug-likeness (QED) is 0.559. The number of amides is 2. The van der Waals surface area contributed by atoms with Gasteiger partial charge in [0, 0.05) is 47.9 Å². The fourth-order valence-corrected chi connectivity index (χ4v) is 4.86. The van der Waals surface area contributed by atoms with Gasteiger partial charge in [-0.3, -0.25) is 9.48 Å². The van der Waals surface area contributed by atoms with Gasteiger partial charge in [-0.1, -0.05) is 29.8 Å². The molecule has 0 bridgehead atoms. The van der Waals surface area contributed by atoms with E-state index >= 15 is 0 Å². The lowest BCUT2D eigenvalue weighted by molar-refractivity contribution is 0.0184. The van der Waals surface area contributed by atoms with Crippen LogP contribution in [0.15, 0.2) is 36.5 Å². The molecule has 8 heteroatoms. The molecule has 1 saturated heterocycles. The van der Waals surface area contributed by atoms with Crippen molar-refractivity contribution >= 4 is 40.1 Å². The monoisotopic (exact) mass is 466 g/mol. The van der Waals surface area contributed by atoms with E-state index in [-0.39, 0.29) is 18.0 Å². The van der Waals surface area contributed by atoms with E-state index in [1.54, 1.807) is 4.90 Å². The van der Waals surface area contributed by atoms with Gasteiger partial charge in [0.1, 0.15) is 5.60 Å². The van der Waals surface area contributed by atoms with Crippen molar-refractivity contribution in [1.82, 2.24) is 14.7 Å². The second-order valence-corrected chi connectivity index (χ2v) is 10.1. The van der Waals surface area contributed by atoms with Gasteiger partial charge in [-0.2, -0.15) is 5.10 Å². The highest BCUT2D eigenvalue weighted by atomic mass is 35.5. The SMILES string of the molecule is CC(C)(C)OC(=O)N1CCC(n2cc(Cc3ccc4c5c(cccc35)C(=O)N4)c(Cl)n2)CC1. The van der Waals surface area contributed by atoms with Crippen LogP contribution in [0.2, 0.25) is 5.15 Å². The Balaban J connectivity index is 1.32. The second kappa shape index (κ2) is 8.06. The second-order valence-electron chi connectivity index (χ2n) is 9.76. The van der Waals surface area contributed by atoms with Crippen molar-refractivity contribution in [3.63, 3.8) is 0 Å². The lowest BCUT2D eigenvalue weighted by Crippen LogP contribution is -2.42. The number of carbonyl (C=O) groups is 2. The summed E-state index contributed by atoms with van der Waals surface area (Å²) >= 11 is 6.53. The molecule has 0 atom stereocenters. The Hall–Kier alpha value is -3.06. The van der Waals surface area contributed by atoms with Gasteiger partial charge in [-0.25, -0.2) is 4.79 Å². The normalized spacial score (nSPS) is 16.4. The molecule has 0 radical (unpaired) electrons. The molecule has 5 rings (SSSR count). The summed E-state index contributed by atoms with van der Waals surface area (Å²) in [5.41, 5.74) is 3.12. The van der Waals surface area contributed by atoms with Crippen molar-refractivity contribution in [3.05, 3.63) is 58.4 Å². The topological polar surface area (TPSA) is 76.5 Å². The smallest absolute Gasteiger partial charge is 0.410 e. The minimum absolute atomic E-state index is 0.0590. The van der Waals surface area contributed by atoms with Crippen LogP contribution in [-0.4, -0.2) is 45.4 Å². The van der Waals surface area contributed by atoms with E-state index in [4.69, 9.17) is 16.3 Å². The molecule has 2 aliphatic heterocycles. The molecule has 0 spiro atoms. The predicted molar refractivity (Wildman–Crippen MR) is 128 cm³/mol. The van der Waals surface area contributed by atoms with Crippen molar-refractivity contribution in [2.75, 3.05) is 18.4 Å². The van der Waals surface area contributed by atoms with E-state index in [1.165, 1.54) is 0 Å². The number of benzene rings is 2. The Morgan fingerprint density at radius 1 is 1.18 bits per heavy atom. The summed E-state index contributed by atoms with van der Waals surface area (Å²) in [6, 6.07) is 10.00. The first-order valence-electron chi connectivity index (χ1n) is 11.3. The molecule has 1 fully saturated rings. The minimum atomic E-state index is -0.496. The van der Waals surface area contributed by atoms with E-state index < -0.39 is 5.60 Å². The molecule has 0 aliphatic carbocycles. The van der Waals surface area contributed by atoms with E-state index in [2.05, 4.69) is 10.4 Å². The number of likely N-dealkylation sites (tertiary alicyclic amines) is 1. The zero-order valence-electron chi connectivity index (χ0n) is 19.0. The summed E-state index contributed by atoms with van der Waals surface area (Å²) in [7, 11) is 0. The van der Waals surface area contributed by atoms with E-state index in [1.807, 2.05) is 62.0 Å². The van der Waals surface area contributed by atoms with Gasteiger partial charge in [-0.05, 0) is 56.7 Å². The third-order valence-electron chi connectivity index (χ3n) is 6.25. The fraction of sp³-hybridized carbons (Fsp3) is 0.400. The van der Waals surface area contributed by atoms with Gasteiger partial charge in [0.15, 0.2) is 5.15 Å². The molecule has 172 valence electrons. The first-order chi connectivity index (χ1) is 15.7. The van der Waals surface area contributed by atoms with Gasteiger partial charge in [-0.15, -0.1) is 0 Å². The third-order valence-corrected chi connectivity index (χ3v) is 6.57. The third kappa shape index (κ3) is 4.17. The van der Waals surface area contributed by atoms with Crippen molar-refractivity contribution in [3.8, 4) is 0 Å². The number of nitrogens with zero attached hydrogens (tertiary/aromatic N) is 3. The molecule has 3 aromatic rings. The number of anilines is 1. The summed E-state index contributed by atoms with van der Waals surface area (Å²) in [4.78, 5) is 26.3. The molecule has 2 aliphatic rings. The maximum atomic E-state index is 12.3. The molecule has 3 heterocycles. The highest BCUT2D eigenvalue weighted by Crippen LogP contribution is 2.36. The minimum Gasteiger partial charge on any atom is -0.444 e. The number of nitrogens with one attached hydrogen (secondary N) is 1. The number of piperidine rings is 1. The Labute approximate surface area is 197 Å². The molecule has 2 aromatic carbocycles. The van der Waals surface area contributed by atoms with Crippen LogP contribution in [0, 0.1) is 0 Å². The van der Waals surface area contributed by atoms with Crippen LogP contribution in [0.25, 0.3) is 10.8 Å². The summed E-state index contributed by atoms with van der Waals surface area (Å²) in [6.45, 7) is 6.88. The number of carbonyl (C=O) groups excluding carboxylic acids is 2. The predicted octanol–water partition coefficient (Wildman–Crippen LogP) is 5.42. The Morgan fingerprint density at radius 3 is 2.67 bits per heavy atom. The van der Waals surface area contributed by atoms with Crippen LogP contribution in [0.3, 0.4) is 0 Å². The van der Waals surface area contributed by atoms with Crippen LogP contribution in [0.1, 0.15) is 61.1 Å². The molecular weight excluding hydrogens is 440 g/mol. The van der Waals surface area contributed by atoms with E-state index in [9.17, 15) is 9.59 Å². The lowest BCUT2D eigenvalue weighted by Gasteiger charge is -2.33. The summed E-state index contributed by atoms with van der Waals surface area (Å²) in [5, 5.41) is 10.0. The van der Waals surface area contributed by atoms with Gasteiger partial charge < -0.3 is 15.0 Å². The Kier molecular flexibility index (Phi) is 5.32. The van der Waals surface area contributed by atoms with Gasteiger partial charge >= 0.3 is 6.09 Å². The Bertz CT molecular complexity index is 1250. The molecule has 2 amide bonds. The standard InChI is InChI=1S/C25H27ClN4O3/c1-25(2,3)33-24(32)29-11-9-17(10-12-29)30-14-16(22(26)28-30)13-15-7-8-20-21-18(15)5-4-6-19(21)23(31)27-20/h4-8,14,17H,9-13H2,1-3H3,(H,27,31). The van der Waals surface area contributed by atoms with Gasteiger partial charge in [0.2, 0.25) is 0 Å². The Morgan fingerprint density at radius 2 is 1.94 bits per heavy atom. The van der Waals surface area contributed by atoms with Crippen molar-refractivity contribution in [2.24, 2.45) is 0 Å². The van der Waals surface area contributed by atoms with Crippen LogP contribution in [-0.2, 0) is 11.2 Å². The van der Waals surface area contributed by atoms with Crippen LogP contribution in [0.5, 0.6) is 0 Å². The highest BCUT2D eigenvalue weighted by Gasteiger charge is 2.28. The molecule has 1 aromatic heterocycles. The highest BCUT2D eigenvalue weighted by molar-refractivity contribution is 6.30. The van der Waals surface area contributed by atoms with Crippen LogP contribution in [0.4, 0.5) is 10.5 Å². The van der Waals surface area contributed by atoms with Crippen molar-refractivity contribution in [2.45, 2.75) is 51.7 Å². The summed E-state index contributed by atoms with van der Waals surface area (Å²) in [5.74, 6) is -0.0590. The number of ether oxygens (including phenoxy) is 1. The molecule has 0 saturated carbocycles. The first kappa shape index (κ1) is 21.8. The number of rotatable bonds is 3. The van der Waals surface area contributed by atoms with Gasteiger partial charge in [0.25, 0.3) is 5.91 Å². The average molecular weight is 467 g/mol. The molecular formula is C25H27ClN4O3. The zero-order chi connectivity index (χ0) is 23.3. The van der Waals surface area contributed by atoms with Crippen LogP contribution < -0.4 is 5.32 Å². The van der Waals surface area contributed by atoms with Crippen molar-refractivity contribution in [1.29, 1.82) is 0 Å². The molecule has 0 unspecified atom stereocenters. The van der Waals surface area contributed by atoms with Gasteiger partial charge in [0.05, 0.1) is 6.04 Å². The van der Waals surface area contributed by atoms with Crippen LogP contribution >= 0.6 is 11.6 Å².